The molecule has 18 heavy (non-hydrogen) atoms. The van der Waals surface area contributed by atoms with Gasteiger partial charge in [-0.1, -0.05) is 17.9 Å². The molecule has 1 aromatic carbocycles. The molecule has 1 heterocycles. The Kier molecular flexibility index (Phi) is 3.17. The molecule has 0 saturated heterocycles. The van der Waals surface area contributed by atoms with E-state index in [1.165, 1.54) is 0 Å². The van der Waals surface area contributed by atoms with Crippen molar-refractivity contribution in [3.05, 3.63) is 50.3 Å². The number of rotatable bonds is 1. The van der Waals surface area contributed by atoms with E-state index in [4.69, 9.17) is 5.11 Å². The number of aromatic nitrogens is 3. The average molecular weight is 245 g/mol. The Bertz CT molecular complexity index is 713. The van der Waals surface area contributed by atoms with Crippen LogP contribution < -0.4 is 11.4 Å². The van der Waals surface area contributed by atoms with E-state index < -0.39 is 11.4 Å². The monoisotopic (exact) mass is 245 g/mol. The Morgan fingerprint density at radius 1 is 1.28 bits per heavy atom. The number of aliphatic hydroxyl groups is 1. The van der Waals surface area contributed by atoms with Gasteiger partial charge in [0, 0.05) is 5.56 Å². The van der Waals surface area contributed by atoms with Crippen molar-refractivity contribution in [1.82, 2.24) is 14.8 Å². The Hall–Kier alpha value is -2.52. The molecule has 0 atom stereocenters. The van der Waals surface area contributed by atoms with Crippen molar-refractivity contribution < 1.29 is 5.11 Å². The zero-order valence-electron chi connectivity index (χ0n) is 9.65. The van der Waals surface area contributed by atoms with Crippen molar-refractivity contribution in [1.29, 1.82) is 0 Å². The smallest absolute Gasteiger partial charge is 0.348 e. The minimum atomic E-state index is -0.532. The molecule has 6 heteroatoms. The van der Waals surface area contributed by atoms with Crippen LogP contribution in [0.15, 0.2) is 27.8 Å². The topological polar surface area (TPSA) is 90.9 Å². The fraction of sp³-hybridized carbons (Fsp3) is 0.167. The lowest BCUT2D eigenvalue weighted by Gasteiger charge is -2.04. The summed E-state index contributed by atoms with van der Waals surface area (Å²) in [6.07, 6.45) is 0. The molecule has 0 radical (unpaired) electrons. The predicted octanol–water partition coefficient (Wildman–Crippen LogP) is -0.494. The number of hydrogen-bond donors (Lipinski definition) is 3. The first kappa shape index (κ1) is 12.0. The van der Waals surface area contributed by atoms with Crippen LogP contribution in [0, 0.1) is 18.8 Å². The quantitative estimate of drug-likeness (QED) is 0.592. The first-order valence-electron chi connectivity index (χ1n) is 5.24. The van der Waals surface area contributed by atoms with Crippen molar-refractivity contribution in [2.24, 2.45) is 0 Å². The maximum atomic E-state index is 11.5. The van der Waals surface area contributed by atoms with E-state index in [1.807, 2.05) is 0 Å². The molecular weight excluding hydrogens is 234 g/mol. The summed E-state index contributed by atoms with van der Waals surface area (Å²) in [6.45, 7) is 1.55. The van der Waals surface area contributed by atoms with Gasteiger partial charge in [-0.15, -0.1) is 0 Å². The van der Waals surface area contributed by atoms with E-state index in [1.54, 1.807) is 25.1 Å². The zero-order chi connectivity index (χ0) is 13.1. The van der Waals surface area contributed by atoms with Gasteiger partial charge in [0.1, 0.15) is 6.61 Å². The van der Waals surface area contributed by atoms with Gasteiger partial charge in [-0.05, 0) is 24.6 Å². The number of aryl methyl sites for hydroxylation is 1. The Labute approximate surface area is 102 Å². The summed E-state index contributed by atoms with van der Waals surface area (Å²) in [4.78, 5) is 23.0. The van der Waals surface area contributed by atoms with Crippen LogP contribution in [0.1, 0.15) is 11.1 Å². The van der Waals surface area contributed by atoms with Gasteiger partial charge in [-0.25, -0.2) is 24.4 Å². The number of hydrogen-bond acceptors (Lipinski definition) is 3. The summed E-state index contributed by atoms with van der Waals surface area (Å²) < 4.78 is 0.999. The molecular formula is C12H11N3O3. The highest BCUT2D eigenvalue weighted by molar-refractivity contribution is 5.48. The van der Waals surface area contributed by atoms with Crippen molar-refractivity contribution in [3.63, 3.8) is 0 Å². The first-order chi connectivity index (χ1) is 8.63. The summed E-state index contributed by atoms with van der Waals surface area (Å²) in [6, 6.07) is 5.14. The Balaban J connectivity index is 2.64. The molecule has 0 bridgehead atoms. The van der Waals surface area contributed by atoms with Gasteiger partial charge in [0.15, 0.2) is 0 Å². The molecule has 0 fully saturated rings. The summed E-state index contributed by atoms with van der Waals surface area (Å²) in [5, 5.41) is 13.1. The molecule has 0 aliphatic carbocycles. The molecule has 1 aromatic heterocycles. The number of benzene rings is 1. The van der Waals surface area contributed by atoms with Crippen LogP contribution in [-0.4, -0.2) is 26.5 Å². The molecule has 6 nitrogen and oxygen atoms in total. The summed E-state index contributed by atoms with van der Waals surface area (Å²) in [7, 11) is 0. The van der Waals surface area contributed by atoms with Crippen molar-refractivity contribution in [2.75, 3.05) is 6.61 Å². The Morgan fingerprint density at radius 3 is 2.56 bits per heavy atom. The highest BCUT2D eigenvalue weighted by atomic mass is 16.2. The number of aliphatic hydroxyl groups excluding tert-OH is 1. The number of aromatic amines is 2. The highest BCUT2D eigenvalue weighted by Crippen LogP contribution is 2.12. The summed E-state index contributed by atoms with van der Waals surface area (Å²) in [5.74, 6) is 5.24. The average Bonchev–Trinajstić information content (AvgIpc) is 2.68. The van der Waals surface area contributed by atoms with E-state index in [2.05, 4.69) is 22.0 Å². The van der Waals surface area contributed by atoms with Gasteiger partial charge < -0.3 is 5.11 Å². The standard InChI is InChI=1S/C12H11N3O3/c1-8-4-5-9(3-2-6-16)7-10(8)15-11(17)13-14-12(15)18/h4-5,7,16H,6H2,1H3,(H,13,17)(H,14,18). The minimum Gasteiger partial charge on any atom is -0.384 e. The summed E-state index contributed by atoms with van der Waals surface area (Å²) >= 11 is 0. The van der Waals surface area contributed by atoms with Crippen molar-refractivity contribution >= 4 is 0 Å². The first-order valence-corrected chi connectivity index (χ1v) is 5.24. The van der Waals surface area contributed by atoms with E-state index >= 15 is 0 Å². The van der Waals surface area contributed by atoms with Crippen LogP contribution in [0.3, 0.4) is 0 Å². The molecule has 0 amide bonds. The fourth-order valence-corrected chi connectivity index (χ4v) is 1.60. The number of nitrogens with one attached hydrogen (secondary N) is 2. The SMILES string of the molecule is Cc1ccc(C#CCO)cc1-n1c(=O)[nH][nH]c1=O. The summed E-state index contributed by atoms with van der Waals surface area (Å²) in [5.41, 5.74) is 0.798. The normalized spacial score (nSPS) is 9.89. The van der Waals surface area contributed by atoms with E-state index in [0.29, 0.717) is 11.3 Å². The van der Waals surface area contributed by atoms with Gasteiger partial charge >= 0.3 is 11.4 Å². The van der Waals surface area contributed by atoms with Crippen LogP contribution >= 0.6 is 0 Å². The van der Waals surface area contributed by atoms with E-state index in [9.17, 15) is 9.59 Å². The van der Waals surface area contributed by atoms with Gasteiger partial charge in [0.05, 0.1) is 5.69 Å². The van der Waals surface area contributed by atoms with Crippen LogP contribution in [0.2, 0.25) is 0 Å². The lowest BCUT2D eigenvalue weighted by Crippen LogP contribution is -2.25. The second-order valence-corrected chi connectivity index (χ2v) is 3.66. The zero-order valence-corrected chi connectivity index (χ0v) is 9.65. The molecule has 0 aliphatic heterocycles. The number of H-pyrrole nitrogens is 2. The third-order valence-corrected chi connectivity index (χ3v) is 2.44. The lowest BCUT2D eigenvalue weighted by molar-refractivity contribution is 0.350. The van der Waals surface area contributed by atoms with Gasteiger partial charge in [-0.2, -0.15) is 0 Å². The molecule has 2 rings (SSSR count). The van der Waals surface area contributed by atoms with Crippen molar-refractivity contribution in [3.8, 4) is 17.5 Å². The van der Waals surface area contributed by atoms with Gasteiger partial charge in [0.2, 0.25) is 0 Å². The molecule has 2 aromatic rings. The second kappa shape index (κ2) is 4.77. The molecule has 0 saturated carbocycles. The third-order valence-electron chi connectivity index (χ3n) is 2.44. The molecule has 0 spiro atoms. The molecule has 0 unspecified atom stereocenters. The van der Waals surface area contributed by atoms with E-state index in [-0.39, 0.29) is 6.61 Å². The fourth-order valence-electron chi connectivity index (χ4n) is 1.60. The molecule has 0 aliphatic rings. The van der Waals surface area contributed by atoms with Crippen LogP contribution in [0.25, 0.3) is 5.69 Å². The van der Waals surface area contributed by atoms with Crippen LogP contribution in [0.4, 0.5) is 0 Å². The minimum absolute atomic E-state index is 0.242. The maximum absolute atomic E-state index is 11.5. The van der Waals surface area contributed by atoms with Gasteiger partial charge in [0.25, 0.3) is 0 Å². The van der Waals surface area contributed by atoms with Crippen molar-refractivity contribution in [2.45, 2.75) is 6.92 Å². The molecule has 92 valence electrons. The highest BCUT2D eigenvalue weighted by Gasteiger charge is 2.08. The van der Waals surface area contributed by atoms with Gasteiger partial charge in [-0.3, -0.25) is 0 Å². The van der Waals surface area contributed by atoms with E-state index in [0.717, 1.165) is 10.1 Å². The largest absolute Gasteiger partial charge is 0.384 e. The predicted molar refractivity (Wildman–Crippen MR) is 65.7 cm³/mol. The van der Waals surface area contributed by atoms with Crippen LogP contribution in [0.5, 0.6) is 0 Å². The third kappa shape index (κ3) is 2.12. The van der Waals surface area contributed by atoms with Crippen LogP contribution in [-0.2, 0) is 0 Å². The maximum Gasteiger partial charge on any atom is 0.348 e. The molecule has 3 N–H and O–H groups in total. The second-order valence-electron chi connectivity index (χ2n) is 3.66. The lowest BCUT2D eigenvalue weighted by atomic mass is 10.1. The Morgan fingerprint density at radius 2 is 1.94 bits per heavy atom. The number of nitrogens with zero attached hydrogens (tertiary/aromatic N) is 1.